The zero-order valence-electron chi connectivity index (χ0n) is 11.5. The zero-order valence-corrected chi connectivity index (χ0v) is 11.5. The highest BCUT2D eigenvalue weighted by molar-refractivity contribution is 5.76. The number of aryl methyl sites for hydroxylation is 1. The van der Waals surface area contributed by atoms with Crippen LogP contribution >= 0.6 is 0 Å². The summed E-state index contributed by atoms with van der Waals surface area (Å²) < 4.78 is 0. The number of aromatic nitrogens is 1. The number of hydrogen-bond donors (Lipinski definition) is 2. The second-order valence-electron chi connectivity index (χ2n) is 5.08. The summed E-state index contributed by atoms with van der Waals surface area (Å²) in [6, 6.07) is 1.67. The number of pyridine rings is 1. The second kappa shape index (κ2) is 6.36. The van der Waals surface area contributed by atoms with E-state index in [0.29, 0.717) is 19.5 Å². The van der Waals surface area contributed by atoms with E-state index in [4.69, 9.17) is 5.11 Å². The van der Waals surface area contributed by atoms with Crippen LogP contribution in [0.5, 0.6) is 0 Å². The first-order chi connectivity index (χ1) is 9.58. The molecule has 0 spiro atoms. The van der Waals surface area contributed by atoms with Crippen LogP contribution in [0.2, 0.25) is 0 Å². The molecule has 2 heterocycles. The predicted molar refractivity (Wildman–Crippen MR) is 73.1 cm³/mol. The van der Waals surface area contributed by atoms with Crippen molar-refractivity contribution in [1.29, 1.82) is 0 Å². The van der Waals surface area contributed by atoms with E-state index >= 15 is 0 Å². The van der Waals surface area contributed by atoms with Gasteiger partial charge in [-0.1, -0.05) is 0 Å². The molecule has 0 bridgehead atoms. The van der Waals surface area contributed by atoms with Crippen LogP contribution in [-0.4, -0.2) is 40.1 Å². The number of carboxylic acid groups (broad SMARTS) is 1. The SMILES string of the molecule is Cc1cnccc1CNC(=O)N1CCCC(C(=O)O)C1. The first-order valence-corrected chi connectivity index (χ1v) is 6.73. The fourth-order valence-electron chi connectivity index (χ4n) is 2.35. The van der Waals surface area contributed by atoms with Crippen molar-refractivity contribution < 1.29 is 14.7 Å². The maximum absolute atomic E-state index is 12.1. The van der Waals surface area contributed by atoms with Gasteiger partial charge in [0.2, 0.25) is 0 Å². The summed E-state index contributed by atoms with van der Waals surface area (Å²) in [5.41, 5.74) is 2.04. The van der Waals surface area contributed by atoms with Gasteiger partial charge in [-0.2, -0.15) is 0 Å². The molecule has 1 saturated heterocycles. The molecular weight excluding hydrogens is 258 g/mol. The van der Waals surface area contributed by atoms with Gasteiger partial charge >= 0.3 is 12.0 Å². The normalized spacial score (nSPS) is 18.6. The van der Waals surface area contributed by atoms with Crippen LogP contribution < -0.4 is 5.32 Å². The highest BCUT2D eigenvalue weighted by Crippen LogP contribution is 2.16. The van der Waals surface area contributed by atoms with Gasteiger partial charge in [0.15, 0.2) is 0 Å². The molecule has 1 aliphatic rings. The van der Waals surface area contributed by atoms with Crippen LogP contribution in [0, 0.1) is 12.8 Å². The van der Waals surface area contributed by atoms with Gasteiger partial charge in [0.25, 0.3) is 0 Å². The lowest BCUT2D eigenvalue weighted by Crippen LogP contribution is -2.46. The van der Waals surface area contributed by atoms with Crippen molar-refractivity contribution in [2.75, 3.05) is 13.1 Å². The van der Waals surface area contributed by atoms with E-state index in [1.807, 2.05) is 13.0 Å². The van der Waals surface area contributed by atoms with E-state index < -0.39 is 11.9 Å². The van der Waals surface area contributed by atoms with Crippen molar-refractivity contribution in [3.63, 3.8) is 0 Å². The molecule has 108 valence electrons. The highest BCUT2D eigenvalue weighted by atomic mass is 16.4. The Morgan fingerprint density at radius 1 is 1.55 bits per heavy atom. The maximum atomic E-state index is 12.1. The van der Waals surface area contributed by atoms with Crippen LogP contribution in [-0.2, 0) is 11.3 Å². The number of hydrogen-bond acceptors (Lipinski definition) is 3. The molecule has 0 aromatic carbocycles. The van der Waals surface area contributed by atoms with E-state index in [9.17, 15) is 9.59 Å². The van der Waals surface area contributed by atoms with Gasteiger partial charge in [-0.25, -0.2) is 4.79 Å². The number of likely N-dealkylation sites (tertiary alicyclic amines) is 1. The molecule has 20 heavy (non-hydrogen) atoms. The van der Waals surface area contributed by atoms with Crippen LogP contribution in [0.25, 0.3) is 0 Å². The van der Waals surface area contributed by atoms with Gasteiger partial charge in [0, 0.05) is 32.0 Å². The average Bonchev–Trinajstić information content (AvgIpc) is 2.46. The summed E-state index contributed by atoms with van der Waals surface area (Å²) in [4.78, 5) is 28.6. The average molecular weight is 277 g/mol. The number of amides is 2. The molecule has 6 heteroatoms. The van der Waals surface area contributed by atoms with Crippen molar-refractivity contribution in [3.05, 3.63) is 29.6 Å². The molecule has 1 fully saturated rings. The maximum Gasteiger partial charge on any atom is 0.317 e. The van der Waals surface area contributed by atoms with E-state index in [1.165, 1.54) is 0 Å². The highest BCUT2D eigenvalue weighted by Gasteiger charge is 2.27. The zero-order chi connectivity index (χ0) is 14.5. The standard InChI is InChI=1S/C14H19N3O3/c1-10-7-15-5-4-11(10)8-16-14(20)17-6-2-3-12(9-17)13(18)19/h4-5,7,12H,2-3,6,8-9H2,1H3,(H,16,20)(H,18,19). The molecule has 2 amide bonds. The van der Waals surface area contributed by atoms with E-state index in [-0.39, 0.29) is 12.6 Å². The van der Waals surface area contributed by atoms with Crippen LogP contribution in [0.4, 0.5) is 4.79 Å². The number of carboxylic acids is 1. The van der Waals surface area contributed by atoms with Crippen molar-refractivity contribution >= 4 is 12.0 Å². The van der Waals surface area contributed by atoms with Gasteiger partial charge in [-0.05, 0) is 37.0 Å². The number of urea groups is 1. The fraction of sp³-hybridized carbons (Fsp3) is 0.500. The minimum atomic E-state index is -0.826. The topological polar surface area (TPSA) is 82.5 Å². The molecule has 1 aromatic heterocycles. The minimum absolute atomic E-state index is 0.202. The van der Waals surface area contributed by atoms with Gasteiger partial charge in [0.05, 0.1) is 5.92 Å². The molecule has 1 aromatic rings. The minimum Gasteiger partial charge on any atom is -0.481 e. The number of nitrogens with one attached hydrogen (secondary N) is 1. The Hall–Kier alpha value is -2.11. The van der Waals surface area contributed by atoms with Crippen LogP contribution in [0.1, 0.15) is 24.0 Å². The molecule has 2 N–H and O–H groups in total. The number of nitrogens with zero attached hydrogens (tertiary/aromatic N) is 2. The Morgan fingerprint density at radius 3 is 3.05 bits per heavy atom. The van der Waals surface area contributed by atoms with Gasteiger partial charge in [-0.15, -0.1) is 0 Å². The Kier molecular flexibility index (Phi) is 4.55. The Morgan fingerprint density at radius 2 is 2.35 bits per heavy atom. The predicted octanol–water partition coefficient (Wildman–Crippen LogP) is 1.40. The molecule has 0 aliphatic carbocycles. The largest absolute Gasteiger partial charge is 0.481 e. The smallest absolute Gasteiger partial charge is 0.317 e. The lowest BCUT2D eigenvalue weighted by Gasteiger charge is -2.30. The Labute approximate surface area is 117 Å². The third-order valence-corrected chi connectivity index (χ3v) is 3.62. The number of aliphatic carboxylic acids is 1. The van der Waals surface area contributed by atoms with Gasteiger partial charge in [0.1, 0.15) is 0 Å². The summed E-state index contributed by atoms with van der Waals surface area (Å²) in [7, 11) is 0. The number of rotatable bonds is 3. The van der Waals surface area contributed by atoms with Gasteiger partial charge in [-0.3, -0.25) is 9.78 Å². The molecule has 0 radical (unpaired) electrons. The molecule has 1 aliphatic heterocycles. The monoisotopic (exact) mass is 277 g/mol. The van der Waals surface area contributed by atoms with Gasteiger partial charge < -0.3 is 15.3 Å². The fourth-order valence-corrected chi connectivity index (χ4v) is 2.35. The molecule has 1 unspecified atom stereocenters. The number of carbonyl (C=O) groups is 2. The van der Waals surface area contributed by atoms with Crippen LogP contribution in [0.3, 0.4) is 0 Å². The molecule has 1 atom stereocenters. The van der Waals surface area contributed by atoms with E-state index in [2.05, 4.69) is 10.3 Å². The van der Waals surface area contributed by atoms with Crippen LogP contribution in [0.15, 0.2) is 18.5 Å². The molecule has 2 rings (SSSR count). The van der Waals surface area contributed by atoms with E-state index in [0.717, 1.165) is 17.5 Å². The summed E-state index contributed by atoms with van der Waals surface area (Å²) in [6.07, 6.45) is 4.82. The second-order valence-corrected chi connectivity index (χ2v) is 5.08. The van der Waals surface area contributed by atoms with E-state index in [1.54, 1.807) is 17.3 Å². The molecule has 6 nitrogen and oxygen atoms in total. The lowest BCUT2D eigenvalue weighted by atomic mass is 9.99. The Bertz CT molecular complexity index is 504. The lowest BCUT2D eigenvalue weighted by molar-refractivity contribution is -0.143. The van der Waals surface area contributed by atoms with Crippen molar-refractivity contribution in [2.24, 2.45) is 5.92 Å². The number of carbonyl (C=O) groups excluding carboxylic acids is 1. The Balaban J connectivity index is 1.89. The third kappa shape index (κ3) is 3.46. The first-order valence-electron chi connectivity index (χ1n) is 6.73. The summed E-state index contributed by atoms with van der Waals surface area (Å²) in [5.74, 6) is -1.27. The first kappa shape index (κ1) is 14.3. The quantitative estimate of drug-likeness (QED) is 0.874. The summed E-state index contributed by atoms with van der Waals surface area (Å²) >= 11 is 0. The molecular formula is C14H19N3O3. The third-order valence-electron chi connectivity index (χ3n) is 3.62. The summed E-state index contributed by atoms with van der Waals surface area (Å²) in [5, 5.41) is 11.9. The number of piperidine rings is 1. The summed E-state index contributed by atoms with van der Waals surface area (Å²) in [6.45, 7) is 3.28. The van der Waals surface area contributed by atoms with Crippen molar-refractivity contribution in [1.82, 2.24) is 15.2 Å². The molecule has 0 saturated carbocycles. The van der Waals surface area contributed by atoms with Crippen molar-refractivity contribution in [2.45, 2.75) is 26.3 Å². The van der Waals surface area contributed by atoms with Crippen molar-refractivity contribution in [3.8, 4) is 0 Å².